The molecule has 0 aromatic heterocycles. The molecule has 0 unspecified atom stereocenters. The van der Waals surface area contributed by atoms with Crippen molar-refractivity contribution in [2.45, 2.75) is 78.2 Å². The lowest BCUT2D eigenvalue weighted by Gasteiger charge is -2.13. The molecule has 0 amide bonds. The minimum atomic E-state index is -1.01. The number of ether oxygens (including phenoxy) is 3. The molecule has 3 aromatic carbocycles. The number of esters is 3. The molecule has 6 heteroatoms. The topological polar surface area (TPSA) is 78.9 Å². The summed E-state index contributed by atoms with van der Waals surface area (Å²) in [6.07, 6.45) is 7.86. The highest BCUT2D eigenvalue weighted by molar-refractivity contribution is 5.93. The molecule has 0 N–H and O–H groups in total. The summed E-state index contributed by atoms with van der Waals surface area (Å²) in [4.78, 5) is 37.0. The van der Waals surface area contributed by atoms with Crippen molar-refractivity contribution in [1.29, 1.82) is 0 Å². The van der Waals surface area contributed by atoms with Gasteiger partial charge in [0.2, 0.25) is 0 Å². The maximum atomic E-state index is 12.7. The van der Waals surface area contributed by atoms with Crippen LogP contribution < -0.4 is 4.74 Å². The molecule has 3 rings (SSSR count). The van der Waals surface area contributed by atoms with Gasteiger partial charge in [0.05, 0.1) is 17.7 Å². The Morgan fingerprint density at radius 1 is 0.650 bits per heavy atom. The van der Waals surface area contributed by atoms with E-state index in [1.165, 1.54) is 62.4 Å². The summed E-state index contributed by atoms with van der Waals surface area (Å²) in [5, 5.41) is 0. The van der Waals surface area contributed by atoms with Gasteiger partial charge in [-0.05, 0) is 79.3 Å². The molecule has 0 saturated carbocycles. The number of hydrogen-bond donors (Lipinski definition) is 0. The second-order valence-corrected chi connectivity index (χ2v) is 9.92. The van der Waals surface area contributed by atoms with E-state index >= 15 is 0 Å². The van der Waals surface area contributed by atoms with Gasteiger partial charge in [0.25, 0.3) is 0 Å². The van der Waals surface area contributed by atoms with Gasteiger partial charge in [0.1, 0.15) is 5.75 Å². The Morgan fingerprint density at radius 2 is 1.20 bits per heavy atom. The van der Waals surface area contributed by atoms with Crippen LogP contribution in [-0.4, -0.2) is 30.6 Å². The summed E-state index contributed by atoms with van der Waals surface area (Å²) in [5.41, 5.74) is 4.12. The Hall–Kier alpha value is -3.93. The molecule has 6 nitrogen and oxygen atoms in total. The van der Waals surface area contributed by atoms with Crippen molar-refractivity contribution in [2.75, 3.05) is 6.61 Å². The van der Waals surface area contributed by atoms with Gasteiger partial charge in [0, 0.05) is 0 Å². The Labute approximate surface area is 237 Å². The lowest BCUT2D eigenvalue weighted by Crippen LogP contribution is -2.26. The fourth-order valence-electron chi connectivity index (χ4n) is 4.16. The molecule has 0 radical (unpaired) electrons. The summed E-state index contributed by atoms with van der Waals surface area (Å²) in [6, 6.07) is 21.9. The Bertz CT molecular complexity index is 1210. The summed E-state index contributed by atoms with van der Waals surface area (Å²) in [6.45, 7) is 6.07. The van der Waals surface area contributed by atoms with Crippen molar-refractivity contribution in [1.82, 2.24) is 0 Å². The highest BCUT2D eigenvalue weighted by Crippen LogP contribution is 2.22. The zero-order valence-corrected chi connectivity index (χ0v) is 23.8. The van der Waals surface area contributed by atoms with Crippen LogP contribution in [0.4, 0.5) is 0 Å². The van der Waals surface area contributed by atoms with Gasteiger partial charge < -0.3 is 14.2 Å². The van der Waals surface area contributed by atoms with Gasteiger partial charge in [-0.3, -0.25) is 0 Å². The molecule has 0 aliphatic rings. The molecule has 0 saturated heterocycles. The average Bonchev–Trinajstić information content (AvgIpc) is 2.98. The van der Waals surface area contributed by atoms with Crippen molar-refractivity contribution in [2.24, 2.45) is 0 Å². The molecule has 0 heterocycles. The van der Waals surface area contributed by atoms with E-state index in [0.717, 1.165) is 36.8 Å². The largest absolute Gasteiger partial charge is 0.463 e. The van der Waals surface area contributed by atoms with Gasteiger partial charge >= 0.3 is 17.9 Å². The number of hydrogen-bond acceptors (Lipinski definition) is 6. The number of aryl methyl sites for hydroxylation is 1. The molecule has 212 valence electrons. The van der Waals surface area contributed by atoms with Crippen LogP contribution in [0.5, 0.6) is 5.75 Å². The normalized spacial score (nSPS) is 11.5. The molecule has 0 bridgehead atoms. The van der Waals surface area contributed by atoms with Crippen molar-refractivity contribution >= 4 is 17.9 Å². The van der Waals surface area contributed by atoms with E-state index in [1.54, 1.807) is 12.1 Å². The predicted molar refractivity (Wildman–Crippen MR) is 156 cm³/mol. The van der Waals surface area contributed by atoms with Crippen LogP contribution in [-0.2, 0) is 20.7 Å². The third-order valence-electron chi connectivity index (χ3n) is 6.64. The van der Waals surface area contributed by atoms with Gasteiger partial charge in [-0.15, -0.1) is 0 Å². The van der Waals surface area contributed by atoms with Crippen molar-refractivity contribution in [3.63, 3.8) is 0 Å². The molecule has 40 heavy (non-hydrogen) atoms. The van der Waals surface area contributed by atoms with Gasteiger partial charge in [-0.1, -0.05) is 82.3 Å². The number of benzene rings is 3. The third-order valence-corrected chi connectivity index (χ3v) is 6.64. The average molecular weight is 545 g/mol. The second-order valence-electron chi connectivity index (χ2n) is 9.92. The molecule has 0 aliphatic heterocycles. The molecule has 0 fully saturated rings. The van der Waals surface area contributed by atoms with Crippen molar-refractivity contribution in [3.8, 4) is 16.9 Å². The SMILES string of the molecule is CCCCCCc1ccc(-c2ccc(C(=O)Oc3ccc(C(=O)O[C@@H](C)C(=O)OCCCCC)cc3)cc2)cc1. The van der Waals surface area contributed by atoms with E-state index in [-0.39, 0.29) is 5.56 Å². The van der Waals surface area contributed by atoms with Gasteiger partial charge in [0.15, 0.2) is 6.10 Å². The Morgan fingerprint density at radius 3 is 1.82 bits per heavy atom. The van der Waals surface area contributed by atoms with Crippen LogP contribution in [0.2, 0.25) is 0 Å². The molecule has 0 spiro atoms. The number of unbranched alkanes of at least 4 members (excludes halogenated alkanes) is 5. The van der Waals surface area contributed by atoms with Gasteiger partial charge in [-0.25, -0.2) is 14.4 Å². The van der Waals surface area contributed by atoms with Gasteiger partial charge in [-0.2, -0.15) is 0 Å². The van der Waals surface area contributed by atoms with Crippen molar-refractivity contribution < 1.29 is 28.6 Å². The lowest BCUT2D eigenvalue weighted by molar-refractivity contribution is -0.153. The highest BCUT2D eigenvalue weighted by Gasteiger charge is 2.20. The Balaban J connectivity index is 1.49. The van der Waals surface area contributed by atoms with Crippen LogP contribution >= 0.6 is 0 Å². The number of carbonyl (C=O) groups is 3. The van der Waals surface area contributed by atoms with E-state index in [1.807, 2.05) is 12.1 Å². The molecular weight excluding hydrogens is 504 g/mol. The second kappa shape index (κ2) is 16.2. The minimum Gasteiger partial charge on any atom is -0.463 e. The predicted octanol–water partition coefficient (Wildman–Crippen LogP) is 7.97. The smallest absolute Gasteiger partial charge is 0.347 e. The number of carbonyl (C=O) groups excluding carboxylic acids is 3. The van der Waals surface area contributed by atoms with E-state index in [0.29, 0.717) is 17.9 Å². The molecular formula is C34H40O6. The van der Waals surface area contributed by atoms with Crippen LogP contribution in [0.25, 0.3) is 11.1 Å². The fraction of sp³-hybridized carbons (Fsp3) is 0.382. The van der Waals surface area contributed by atoms with E-state index in [4.69, 9.17) is 14.2 Å². The monoisotopic (exact) mass is 544 g/mol. The highest BCUT2D eigenvalue weighted by atomic mass is 16.6. The first-order chi connectivity index (χ1) is 19.4. The van der Waals surface area contributed by atoms with Crippen molar-refractivity contribution in [3.05, 3.63) is 89.5 Å². The molecule has 0 aliphatic carbocycles. The zero-order valence-electron chi connectivity index (χ0n) is 23.8. The van der Waals surface area contributed by atoms with E-state index in [2.05, 4.69) is 38.1 Å². The fourth-order valence-corrected chi connectivity index (χ4v) is 4.16. The van der Waals surface area contributed by atoms with Crippen LogP contribution in [0, 0.1) is 0 Å². The summed E-state index contributed by atoms with van der Waals surface area (Å²) < 4.78 is 15.8. The lowest BCUT2D eigenvalue weighted by atomic mass is 10.0. The maximum absolute atomic E-state index is 12.7. The first-order valence-electron chi connectivity index (χ1n) is 14.3. The molecule has 1 atom stereocenters. The Kier molecular flexibility index (Phi) is 12.4. The van der Waals surface area contributed by atoms with E-state index in [9.17, 15) is 14.4 Å². The summed E-state index contributed by atoms with van der Waals surface area (Å²) in [7, 11) is 0. The standard InChI is InChI=1S/C34H40O6/c1-4-6-8-9-11-26-12-14-27(15-13-26)28-16-18-29(19-17-28)34(37)40-31-22-20-30(21-23-31)33(36)39-25(3)32(35)38-24-10-7-5-2/h12-23,25H,4-11,24H2,1-3H3/t25-/m0/s1. The zero-order chi connectivity index (χ0) is 28.7. The van der Waals surface area contributed by atoms with Crippen LogP contribution in [0.15, 0.2) is 72.8 Å². The first-order valence-corrected chi connectivity index (χ1v) is 14.3. The third kappa shape index (κ3) is 9.67. The van der Waals surface area contributed by atoms with Crippen LogP contribution in [0.1, 0.15) is 92.0 Å². The summed E-state index contributed by atoms with van der Waals surface area (Å²) >= 11 is 0. The number of rotatable bonds is 15. The molecule has 3 aromatic rings. The van der Waals surface area contributed by atoms with Crippen LogP contribution in [0.3, 0.4) is 0 Å². The minimum absolute atomic E-state index is 0.238. The van der Waals surface area contributed by atoms with E-state index < -0.39 is 24.0 Å². The quantitative estimate of drug-likeness (QED) is 0.110. The summed E-state index contributed by atoms with van der Waals surface area (Å²) in [5.74, 6) is -1.43. The maximum Gasteiger partial charge on any atom is 0.347 e. The first kappa shape index (κ1) is 30.6.